The number of rotatable bonds is 4. The Kier molecular flexibility index (Phi) is 5.68. The Labute approximate surface area is 215 Å². The molecule has 1 fully saturated rings. The molecule has 0 unspecified atom stereocenters. The second-order valence-electron chi connectivity index (χ2n) is 9.90. The van der Waals surface area contributed by atoms with Gasteiger partial charge in [0.15, 0.2) is 0 Å². The van der Waals surface area contributed by atoms with Crippen molar-refractivity contribution in [1.29, 1.82) is 0 Å². The van der Waals surface area contributed by atoms with Gasteiger partial charge in [0, 0.05) is 55.1 Å². The van der Waals surface area contributed by atoms with Crippen molar-refractivity contribution in [3.05, 3.63) is 77.6 Å². The third-order valence-corrected chi connectivity index (χ3v) is 7.20. The largest absolute Gasteiger partial charge is 0.495 e. The molecule has 6 rings (SSSR count). The number of benzene rings is 2. The molecule has 37 heavy (non-hydrogen) atoms. The number of pyridine rings is 2. The van der Waals surface area contributed by atoms with E-state index in [0.717, 1.165) is 57.5 Å². The summed E-state index contributed by atoms with van der Waals surface area (Å²) in [4.78, 5) is 24.9. The number of anilines is 1. The van der Waals surface area contributed by atoms with Crippen LogP contribution in [0.2, 0.25) is 0 Å². The average Bonchev–Trinajstić information content (AvgIpc) is 3.18. The van der Waals surface area contributed by atoms with Gasteiger partial charge in [0.2, 0.25) is 0 Å². The molecule has 5 aromatic rings. The first-order valence-electron chi connectivity index (χ1n) is 12.5. The van der Waals surface area contributed by atoms with Crippen LogP contribution in [0.5, 0.6) is 5.75 Å². The summed E-state index contributed by atoms with van der Waals surface area (Å²) in [6.45, 7) is 6.33. The Hall–Kier alpha value is -4.17. The molecular weight excluding hydrogens is 464 g/mol. The molecule has 1 aliphatic rings. The molecule has 4 heterocycles. The number of hydrogen-bond donors (Lipinski definition) is 1. The van der Waals surface area contributed by atoms with Crippen molar-refractivity contribution in [1.82, 2.24) is 24.4 Å². The normalized spacial score (nSPS) is 18.0. The fourth-order valence-electron chi connectivity index (χ4n) is 5.45. The van der Waals surface area contributed by atoms with Gasteiger partial charge in [0.1, 0.15) is 5.75 Å². The Morgan fingerprint density at radius 2 is 1.65 bits per heavy atom. The zero-order valence-electron chi connectivity index (χ0n) is 21.5. The average molecular weight is 495 g/mol. The summed E-state index contributed by atoms with van der Waals surface area (Å²) in [6.07, 6.45) is 5.27. The molecule has 8 heteroatoms. The number of aryl methyl sites for hydroxylation is 1. The smallest absolute Gasteiger partial charge is 0.333 e. The number of imidazole rings is 1. The number of methoxy groups -OCH3 is 1. The molecule has 0 spiro atoms. The highest BCUT2D eigenvalue weighted by molar-refractivity contribution is 6.04. The molecule has 8 nitrogen and oxygen atoms in total. The van der Waals surface area contributed by atoms with E-state index >= 15 is 0 Å². The summed E-state index contributed by atoms with van der Waals surface area (Å²) < 4.78 is 8.82. The van der Waals surface area contributed by atoms with Crippen LogP contribution in [0.4, 0.5) is 5.69 Å². The Morgan fingerprint density at radius 1 is 0.919 bits per heavy atom. The Morgan fingerprint density at radius 3 is 2.38 bits per heavy atom. The maximum Gasteiger partial charge on any atom is 0.333 e. The lowest BCUT2D eigenvalue weighted by Crippen LogP contribution is -2.54. The number of piperazine rings is 1. The van der Waals surface area contributed by atoms with E-state index in [1.807, 2.05) is 36.5 Å². The fraction of sp³-hybridized carbons (Fsp3) is 0.276. The summed E-state index contributed by atoms with van der Waals surface area (Å²) in [5.74, 6) is 0.693. The van der Waals surface area contributed by atoms with Crippen LogP contribution < -0.4 is 20.6 Å². The standard InChI is InChI=1S/C29H30N6O2/c1-18-16-34(17-19(2)32-18)22-6-8-23(9-7-22)35-28-25-12-20(21-11-24(37-4)14-30-13-21)5-10-26(25)31-15-27(28)33(3)29(35)36/h5-15,18-19,32H,16-17H2,1-4H3/t18-,19+. The molecule has 2 aromatic carbocycles. The highest BCUT2D eigenvalue weighted by Gasteiger charge is 2.22. The van der Waals surface area contributed by atoms with Crippen LogP contribution in [0.3, 0.4) is 0 Å². The molecule has 0 amide bonds. The van der Waals surface area contributed by atoms with Gasteiger partial charge in [-0.2, -0.15) is 0 Å². The number of hydrogen-bond acceptors (Lipinski definition) is 6. The van der Waals surface area contributed by atoms with Crippen LogP contribution in [0.15, 0.2) is 71.9 Å². The van der Waals surface area contributed by atoms with Crippen molar-refractivity contribution < 1.29 is 4.74 Å². The first-order chi connectivity index (χ1) is 17.9. The summed E-state index contributed by atoms with van der Waals surface area (Å²) in [5, 5.41) is 4.49. The fourth-order valence-corrected chi connectivity index (χ4v) is 5.45. The van der Waals surface area contributed by atoms with Gasteiger partial charge in [-0.05, 0) is 61.9 Å². The minimum atomic E-state index is -0.102. The van der Waals surface area contributed by atoms with Crippen molar-refractivity contribution in [3.63, 3.8) is 0 Å². The Balaban J connectivity index is 1.49. The van der Waals surface area contributed by atoms with Gasteiger partial charge in [-0.15, -0.1) is 0 Å². The van der Waals surface area contributed by atoms with E-state index in [4.69, 9.17) is 4.74 Å². The number of nitrogens with zero attached hydrogens (tertiary/aromatic N) is 5. The number of aromatic nitrogens is 4. The van der Waals surface area contributed by atoms with Gasteiger partial charge >= 0.3 is 5.69 Å². The monoisotopic (exact) mass is 494 g/mol. The van der Waals surface area contributed by atoms with E-state index in [0.29, 0.717) is 17.8 Å². The second-order valence-corrected chi connectivity index (χ2v) is 9.90. The quantitative estimate of drug-likeness (QED) is 0.405. The predicted octanol–water partition coefficient (Wildman–Crippen LogP) is 4.13. The third-order valence-electron chi connectivity index (χ3n) is 7.20. The molecule has 188 valence electrons. The first-order valence-corrected chi connectivity index (χ1v) is 12.5. The Bertz CT molecular complexity index is 1660. The molecule has 0 radical (unpaired) electrons. The van der Waals surface area contributed by atoms with Crippen molar-refractivity contribution in [2.75, 3.05) is 25.1 Å². The zero-order valence-corrected chi connectivity index (χ0v) is 21.5. The van der Waals surface area contributed by atoms with Crippen LogP contribution in [-0.4, -0.2) is 51.4 Å². The lowest BCUT2D eigenvalue weighted by Gasteiger charge is -2.37. The minimum Gasteiger partial charge on any atom is -0.495 e. The summed E-state index contributed by atoms with van der Waals surface area (Å²) in [5.41, 5.74) is 6.26. The van der Waals surface area contributed by atoms with Gasteiger partial charge in [0.25, 0.3) is 0 Å². The molecule has 1 saturated heterocycles. The van der Waals surface area contributed by atoms with E-state index in [2.05, 4.69) is 52.2 Å². The van der Waals surface area contributed by atoms with Crippen molar-refractivity contribution >= 4 is 27.6 Å². The minimum absolute atomic E-state index is 0.102. The van der Waals surface area contributed by atoms with Crippen LogP contribution in [0.1, 0.15) is 13.8 Å². The summed E-state index contributed by atoms with van der Waals surface area (Å²) in [6, 6.07) is 17.2. The molecular formula is C29H30N6O2. The molecule has 1 aliphatic heterocycles. The van der Waals surface area contributed by atoms with Crippen LogP contribution in [-0.2, 0) is 7.05 Å². The third kappa shape index (κ3) is 4.03. The molecule has 0 aliphatic carbocycles. The highest BCUT2D eigenvalue weighted by Crippen LogP contribution is 2.31. The van der Waals surface area contributed by atoms with Crippen LogP contribution in [0, 0.1) is 0 Å². The zero-order chi connectivity index (χ0) is 25.7. The van der Waals surface area contributed by atoms with E-state index in [9.17, 15) is 4.79 Å². The number of fused-ring (bicyclic) bond motifs is 3. The van der Waals surface area contributed by atoms with E-state index < -0.39 is 0 Å². The number of nitrogens with one attached hydrogen (secondary N) is 1. The lowest BCUT2D eigenvalue weighted by atomic mass is 10.0. The van der Waals surface area contributed by atoms with Crippen LogP contribution >= 0.6 is 0 Å². The molecule has 2 atom stereocenters. The van der Waals surface area contributed by atoms with E-state index in [1.165, 1.54) is 0 Å². The van der Waals surface area contributed by atoms with Crippen molar-refractivity contribution in [2.24, 2.45) is 7.05 Å². The topological polar surface area (TPSA) is 77.2 Å². The number of ether oxygens (including phenoxy) is 1. The van der Waals surface area contributed by atoms with Crippen molar-refractivity contribution in [2.45, 2.75) is 25.9 Å². The summed E-state index contributed by atoms with van der Waals surface area (Å²) >= 11 is 0. The molecule has 0 bridgehead atoms. The van der Waals surface area contributed by atoms with E-state index in [1.54, 1.807) is 35.7 Å². The maximum absolute atomic E-state index is 13.5. The molecule has 0 saturated carbocycles. The van der Waals surface area contributed by atoms with Gasteiger partial charge in [0.05, 0.1) is 41.7 Å². The van der Waals surface area contributed by atoms with Crippen LogP contribution in [0.25, 0.3) is 38.8 Å². The van der Waals surface area contributed by atoms with Crippen molar-refractivity contribution in [3.8, 4) is 22.6 Å². The van der Waals surface area contributed by atoms with Gasteiger partial charge in [-0.25, -0.2) is 4.79 Å². The first kappa shape index (κ1) is 23.2. The SMILES string of the molecule is COc1cncc(-c2ccc3ncc4c(c3c2)n(-c2ccc(N3C[C@@H](C)N[C@@H](C)C3)cc2)c(=O)n4C)c1. The second kappa shape index (κ2) is 9.05. The molecule has 3 aromatic heterocycles. The van der Waals surface area contributed by atoms with Gasteiger partial charge < -0.3 is 15.0 Å². The van der Waals surface area contributed by atoms with Gasteiger partial charge in [-0.1, -0.05) is 6.07 Å². The highest BCUT2D eigenvalue weighted by atomic mass is 16.5. The van der Waals surface area contributed by atoms with E-state index in [-0.39, 0.29) is 5.69 Å². The predicted molar refractivity (Wildman–Crippen MR) is 148 cm³/mol. The molecule has 1 N–H and O–H groups in total. The summed E-state index contributed by atoms with van der Waals surface area (Å²) in [7, 11) is 3.42. The van der Waals surface area contributed by atoms with Gasteiger partial charge in [-0.3, -0.25) is 19.1 Å². The lowest BCUT2D eigenvalue weighted by molar-refractivity contribution is 0.407. The maximum atomic E-state index is 13.5.